The molecule has 1 nitrogen and oxygen atoms in total. The molecule has 0 spiro atoms. The molecule has 0 bridgehead atoms. The van der Waals surface area contributed by atoms with Crippen LogP contribution in [-0.4, -0.2) is 30.4 Å². The predicted octanol–water partition coefficient (Wildman–Crippen LogP) is 4.07. The first-order valence-corrected chi connectivity index (χ1v) is 6.67. The summed E-state index contributed by atoms with van der Waals surface area (Å²) in [6, 6.07) is 0.904. The van der Waals surface area contributed by atoms with Crippen molar-refractivity contribution < 1.29 is 0 Å². The highest BCUT2D eigenvalue weighted by Gasteiger charge is 2.24. The van der Waals surface area contributed by atoms with Crippen molar-refractivity contribution >= 4 is 11.6 Å². The molecule has 1 aliphatic rings. The fourth-order valence-corrected chi connectivity index (χ4v) is 1.47. The maximum absolute atomic E-state index is 5.38. The SMILES string of the molecule is C/C=C/CN(C)C1CC1.CCCCCCl. The maximum atomic E-state index is 5.38. The molecule has 0 saturated heterocycles. The molecule has 2 heteroatoms. The highest BCUT2D eigenvalue weighted by atomic mass is 35.5. The van der Waals surface area contributed by atoms with Crippen molar-refractivity contribution in [3.63, 3.8) is 0 Å². The number of rotatable bonds is 6. The Hall–Kier alpha value is -0.0100. The van der Waals surface area contributed by atoms with Gasteiger partial charge in [-0.15, -0.1) is 11.6 Å². The van der Waals surface area contributed by atoms with Crippen molar-refractivity contribution in [1.82, 2.24) is 4.90 Å². The van der Waals surface area contributed by atoms with E-state index in [1.54, 1.807) is 0 Å². The van der Waals surface area contributed by atoms with E-state index in [1.165, 1.54) is 32.1 Å². The van der Waals surface area contributed by atoms with E-state index in [1.807, 2.05) is 0 Å². The van der Waals surface area contributed by atoms with E-state index in [2.05, 4.69) is 37.9 Å². The van der Waals surface area contributed by atoms with Crippen LogP contribution < -0.4 is 0 Å². The van der Waals surface area contributed by atoms with E-state index in [0.717, 1.165) is 18.5 Å². The van der Waals surface area contributed by atoms with Crippen LogP contribution in [0.1, 0.15) is 46.0 Å². The van der Waals surface area contributed by atoms with Gasteiger partial charge in [0.1, 0.15) is 0 Å². The summed E-state index contributed by atoms with van der Waals surface area (Å²) in [7, 11) is 2.19. The molecule has 0 unspecified atom stereocenters. The third kappa shape index (κ3) is 10.3. The lowest BCUT2D eigenvalue weighted by atomic mass is 10.3. The lowest BCUT2D eigenvalue weighted by Gasteiger charge is -2.11. The molecule has 0 heterocycles. The molecule has 90 valence electrons. The van der Waals surface area contributed by atoms with Crippen LogP contribution in [0.5, 0.6) is 0 Å². The van der Waals surface area contributed by atoms with Crippen LogP contribution in [0.15, 0.2) is 12.2 Å². The summed E-state index contributed by atoms with van der Waals surface area (Å²) in [6.45, 7) is 5.37. The summed E-state index contributed by atoms with van der Waals surface area (Å²) < 4.78 is 0. The lowest BCUT2D eigenvalue weighted by Crippen LogP contribution is -2.20. The average molecular weight is 232 g/mol. The van der Waals surface area contributed by atoms with Crippen LogP contribution in [-0.2, 0) is 0 Å². The van der Waals surface area contributed by atoms with Gasteiger partial charge in [0.15, 0.2) is 0 Å². The molecule has 0 radical (unpaired) electrons. The van der Waals surface area contributed by atoms with Crippen molar-refractivity contribution in [2.24, 2.45) is 0 Å². The van der Waals surface area contributed by atoms with Gasteiger partial charge in [-0.1, -0.05) is 31.9 Å². The fourth-order valence-electron chi connectivity index (χ4n) is 1.28. The third-order valence-electron chi connectivity index (χ3n) is 2.54. The summed E-state index contributed by atoms with van der Waals surface area (Å²) in [5.41, 5.74) is 0. The van der Waals surface area contributed by atoms with Gasteiger partial charge < -0.3 is 0 Å². The van der Waals surface area contributed by atoms with Gasteiger partial charge in [0.25, 0.3) is 0 Å². The van der Waals surface area contributed by atoms with Crippen LogP contribution in [0.4, 0.5) is 0 Å². The molecule has 0 aromatic rings. The lowest BCUT2D eigenvalue weighted by molar-refractivity contribution is 0.360. The number of nitrogens with zero attached hydrogens (tertiary/aromatic N) is 1. The van der Waals surface area contributed by atoms with Gasteiger partial charge in [-0.2, -0.15) is 0 Å². The van der Waals surface area contributed by atoms with Gasteiger partial charge in [-0.05, 0) is 33.2 Å². The molecule has 15 heavy (non-hydrogen) atoms. The molecular weight excluding hydrogens is 206 g/mol. The zero-order valence-electron chi connectivity index (χ0n) is 10.5. The number of hydrogen-bond acceptors (Lipinski definition) is 1. The van der Waals surface area contributed by atoms with E-state index in [-0.39, 0.29) is 0 Å². The number of likely N-dealkylation sites (N-methyl/N-ethyl adjacent to an activating group) is 1. The van der Waals surface area contributed by atoms with Crippen LogP contribution >= 0.6 is 11.6 Å². The fraction of sp³-hybridized carbons (Fsp3) is 0.846. The second-order valence-corrected chi connectivity index (χ2v) is 4.51. The van der Waals surface area contributed by atoms with Crippen molar-refractivity contribution in [2.75, 3.05) is 19.5 Å². The Morgan fingerprint density at radius 2 is 2.00 bits per heavy atom. The zero-order chi connectivity index (χ0) is 11.5. The van der Waals surface area contributed by atoms with Crippen molar-refractivity contribution in [1.29, 1.82) is 0 Å². The second kappa shape index (κ2) is 10.5. The average Bonchev–Trinajstić information content (AvgIpc) is 3.07. The van der Waals surface area contributed by atoms with Crippen LogP contribution in [0.25, 0.3) is 0 Å². The molecule has 1 fully saturated rings. The minimum absolute atomic E-state index is 0.827. The Bertz CT molecular complexity index is 149. The molecule has 0 atom stereocenters. The predicted molar refractivity (Wildman–Crippen MR) is 70.7 cm³/mol. The van der Waals surface area contributed by atoms with Crippen molar-refractivity contribution in [3.05, 3.63) is 12.2 Å². The summed E-state index contributed by atoms with van der Waals surface area (Å²) in [4.78, 5) is 2.40. The Morgan fingerprint density at radius 1 is 1.33 bits per heavy atom. The van der Waals surface area contributed by atoms with Crippen LogP contribution in [0.2, 0.25) is 0 Å². The molecular formula is C13H26ClN. The molecule has 0 aliphatic heterocycles. The highest BCUT2D eigenvalue weighted by molar-refractivity contribution is 6.17. The van der Waals surface area contributed by atoms with Gasteiger partial charge in [0.2, 0.25) is 0 Å². The minimum Gasteiger partial charge on any atom is -0.300 e. The van der Waals surface area contributed by atoms with E-state index >= 15 is 0 Å². The summed E-state index contributed by atoms with van der Waals surface area (Å²) in [5.74, 6) is 0.827. The maximum Gasteiger partial charge on any atom is 0.0223 e. The largest absolute Gasteiger partial charge is 0.300 e. The zero-order valence-corrected chi connectivity index (χ0v) is 11.3. The monoisotopic (exact) mass is 231 g/mol. The van der Waals surface area contributed by atoms with Gasteiger partial charge >= 0.3 is 0 Å². The van der Waals surface area contributed by atoms with Gasteiger partial charge in [-0.3, -0.25) is 4.90 Å². The van der Waals surface area contributed by atoms with E-state index in [4.69, 9.17) is 11.6 Å². The number of alkyl halides is 1. The number of halogens is 1. The third-order valence-corrected chi connectivity index (χ3v) is 2.80. The van der Waals surface area contributed by atoms with Crippen LogP contribution in [0, 0.1) is 0 Å². The van der Waals surface area contributed by atoms with E-state index < -0.39 is 0 Å². The summed E-state index contributed by atoms with van der Waals surface area (Å²) >= 11 is 5.38. The number of allylic oxidation sites excluding steroid dienone is 1. The van der Waals surface area contributed by atoms with E-state index in [0.29, 0.717) is 0 Å². The smallest absolute Gasteiger partial charge is 0.0223 e. The Morgan fingerprint density at radius 3 is 2.33 bits per heavy atom. The molecule has 0 aromatic heterocycles. The van der Waals surface area contributed by atoms with Gasteiger partial charge in [0, 0.05) is 18.5 Å². The topological polar surface area (TPSA) is 3.24 Å². The highest BCUT2D eigenvalue weighted by Crippen LogP contribution is 2.24. The van der Waals surface area contributed by atoms with Gasteiger partial charge in [0.05, 0.1) is 0 Å². The van der Waals surface area contributed by atoms with Gasteiger partial charge in [-0.25, -0.2) is 0 Å². The first-order chi connectivity index (χ1) is 7.26. The second-order valence-electron chi connectivity index (χ2n) is 4.14. The molecule has 0 amide bonds. The molecule has 1 aliphatic carbocycles. The normalized spacial score (nSPS) is 15.5. The number of unbranched alkanes of at least 4 members (excludes halogenated alkanes) is 2. The molecule has 0 aromatic carbocycles. The Kier molecular flexibility index (Phi) is 10.5. The van der Waals surface area contributed by atoms with E-state index in [9.17, 15) is 0 Å². The molecule has 1 rings (SSSR count). The Balaban J connectivity index is 0.000000288. The minimum atomic E-state index is 0.827. The van der Waals surface area contributed by atoms with Crippen LogP contribution in [0.3, 0.4) is 0 Å². The quantitative estimate of drug-likeness (QED) is 0.378. The first kappa shape index (κ1) is 15.0. The number of hydrogen-bond donors (Lipinski definition) is 0. The summed E-state index contributed by atoms with van der Waals surface area (Å²) in [6.07, 6.45) is 10.9. The molecule has 0 N–H and O–H groups in total. The van der Waals surface area contributed by atoms with Crippen molar-refractivity contribution in [3.8, 4) is 0 Å². The molecule has 1 saturated carbocycles. The Labute approximate surface area is 100 Å². The summed E-state index contributed by atoms with van der Waals surface area (Å²) in [5, 5.41) is 0. The first-order valence-electron chi connectivity index (χ1n) is 6.13. The standard InChI is InChI=1S/C8H15N.C5H11Cl/c1-3-4-7-9(2)8-5-6-8;1-2-3-4-5-6/h3-4,8H,5-7H2,1-2H3;2-5H2,1H3/b4-3+;. The van der Waals surface area contributed by atoms with Crippen molar-refractivity contribution in [2.45, 2.75) is 52.0 Å².